The second kappa shape index (κ2) is 7.57. The zero-order valence-electron chi connectivity index (χ0n) is 12.1. The molecular weight excluding hydrogens is 288 g/mol. The number of benzene rings is 2. The molecule has 3 heteroatoms. The number of hydrogen-bond donors (Lipinski definition) is 0. The van der Waals surface area contributed by atoms with E-state index in [9.17, 15) is 0 Å². The Bertz CT molecular complexity index is 722. The van der Waals surface area contributed by atoms with Gasteiger partial charge in [-0.25, -0.2) is 0 Å². The van der Waals surface area contributed by atoms with Gasteiger partial charge in [0, 0.05) is 11.3 Å². The predicted octanol–water partition coefficient (Wildman–Crippen LogP) is 4.95. The van der Waals surface area contributed by atoms with Crippen molar-refractivity contribution in [2.24, 2.45) is 0 Å². The molecule has 0 radical (unpaired) electrons. The van der Waals surface area contributed by atoms with Crippen LogP contribution in [0.25, 0.3) is 17.3 Å². The Labute approximate surface area is 134 Å². The van der Waals surface area contributed by atoms with Gasteiger partial charge in [-0.15, -0.1) is 22.0 Å². The lowest BCUT2D eigenvalue weighted by atomic mass is 10.1. The van der Waals surface area contributed by atoms with E-state index < -0.39 is 0 Å². The zero-order chi connectivity index (χ0) is 15.0. The molecule has 3 aromatic rings. The maximum atomic E-state index is 4.29. The van der Waals surface area contributed by atoms with Crippen LogP contribution >= 0.6 is 11.8 Å². The van der Waals surface area contributed by atoms with Gasteiger partial charge in [0.1, 0.15) is 5.03 Å². The Balaban J connectivity index is 1.57. The summed E-state index contributed by atoms with van der Waals surface area (Å²) in [5, 5.41) is 9.51. The third-order valence-electron chi connectivity index (χ3n) is 3.15. The van der Waals surface area contributed by atoms with Gasteiger partial charge in [-0.2, -0.15) is 0 Å². The molecule has 0 saturated heterocycles. The average molecular weight is 304 g/mol. The van der Waals surface area contributed by atoms with E-state index in [1.54, 1.807) is 11.8 Å². The van der Waals surface area contributed by atoms with Gasteiger partial charge >= 0.3 is 0 Å². The first-order valence-corrected chi connectivity index (χ1v) is 8.14. The molecular formula is C19H16N2S. The minimum Gasteiger partial charge on any atom is -0.149 e. The second-order valence-corrected chi connectivity index (χ2v) is 5.79. The van der Waals surface area contributed by atoms with Crippen molar-refractivity contribution in [3.05, 3.63) is 84.4 Å². The lowest BCUT2D eigenvalue weighted by Gasteiger charge is -2.01. The zero-order valence-corrected chi connectivity index (χ0v) is 12.9. The van der Waals surface area contributed by atoms with E-state index >= 15 is 0 Å². The maximum Gasteiger partial charge on any atom is 0.119 e. The summed E-state index contributed by atoms with van der Waals surface area (Å²) in [6, 6.07) is 24.4. The smallest absolute Gasteiger partial charge is 0.119 e. The average Bonchev–Trinajstić information content (AvgIpc) is 2.61. The topological polar surface area (TPSA) is 25.8 Å². The van der Waals surface area contributed by atoms with Crippen LogP contribution in [0, 0.1) is 0 Å². The molecule has 1 aromatic heterocycles. The lowest BCUT2D eigenvalue weighted by Crippen LogP contribution is -1.89. The van der Waals surface area contributed by atoms with E-state index in [1.165, 1.54) is 5.56 Å². The van der Waals surface area contributed by atoms with Crippen molar-refractivity contribution in [1.29, 1.82) is 0 Å². The largest absolute Gasteiger partial charge is 0.149 e. The Hall–Kier alpha value is -2.39. The van der Waals surface area contributed by atoms with Crippen LogP contribution < -0.4 is 0 Å². The number of hydrogen-bond acceptors (Lipinski definition) is 3. The normalized spacial score (nSPS) is 10.9. The third-order valence-corrected chi connectivity index (χ3v) is 4.02. The summed E-state index contributed by atoms with van der Waals surface area (Å²) in [4.78, 5) is 0. The number of rotatable bonds is 5. The van der Waals surface area contributed by atoms with Crippen LogP contribution in [0.2, 0.25) is 0 Å². The van der Waals surface area contributed by atoms with Crippen molar-refractivity contribution >= 4 is 17.8 Å². The highest BCUT2D eigenvalue weighted by Gasteiger charge is 2.00. The fourth-order valence-corrected chi connectivity index (χ4v) is 2.67. The lowest BCUT2D eigenvalue weighted by molar-refractivity contribution is 0.937. The molecule has 2 nitrogen and oxygen atoms in total. The summed E-state index contributed by atoms with van der Waals surface area (Å²) in [5.74, 6) is 0.883. The van der Waals surface area contributed by atoms with Gasteiger partial charge in [0.2, 0.25) is 0 Å². The van der Waals surface area contributed by atoms with Crippen LogP contribution in [0.3, 0.4) is 0 Å². The summed E-state index contributed by atoms with van der Waals surface area (Å²) in [6.45, 7) is 0. The predicted molar refractivity (Wildman–Crippen MR) is 93.7 cm³/mol. The minimum atomic E-state index is 0.883. The van der Waals surface area contributed by atoms with Gasteiger partial charge in [-0.05, 0) is 17.7 Å². The van der Waals surface area contributed by atoms with Crippen LogP contribution in [0.5, 0.6) is 0 Å². The summed E-state index contributed by atoms with van der Waals surface area (Å²) in [7, 11) is 0. The fourth-order valence-electron chi connectivity index (χ4n) is 2.04. The summed E-state index contributed by atoms with van der Waals surface area (Å²) < 4.78 is 0. The van der Waals surface area contributed by atoms with Crippen molar-refractivity contribution in [3.63, 3.8) is 0 Å². The van der Waals surface area contributed by atoms with Gasteiger partial charge in [-0.3, -0.25) is 0 Å². The molecule has 3 rings (SSSR count). The first-order valence-electron chi connectivity index (χ1n) is 7.15. The monoisotopic (exact) mass is 304 g/mol. The molecule has 0 saturated carbocycles. The SMILES string of the molecule is C(=C\c1ccccc1)/CSc1ccc(-c2ccccc2)nn1. The molecule has 0 spiro atoms. The summed E-state index contributed by atoms with van der Waals surface area (Å²) >= 11 is 1.68. The number of thioether (sulfide) groups is 1. The van der Waals surface area contributed by atoms with Crippen molar-refractivity contribution in [2.75, 3.05) is 5.75 Å². The van der Waals surface area contributed by atoms with Gasteiger partial charge in [0.15, 0.2) is 0 Å². The Morgan fingerprint density at radius 1 is 0.773 bits per heavy atom. The molecule has 0 amide bonds. The van der Waals surface area contributed by atoms with Crippen LogP contribution in [-0.4, -0.2) is 16.0 Å². The van der Waals surface area contributed by atoms with Gasteiger partial charge < -0.3 is 0 Å². The molecule has 0 aliphatic rings. The van der Waals surface area contributed by atoms with E-state index in [-0.39, 0.29) is 0 Å². The van der Waals surface area contributed by atoms with Crippen molar-refractivity contribution in [3.8, 4) is 11.3 Å². The van der Waals surface area contributed by atoms with Gasteiger partial charge in [-0.1, -0.05) is 72.8 Å². The van der Waals surface area contributed by atoms with E-state index in [1.807, 2.05) is 60.7 Å². The second-order valence-electron chi connectivity index (χ2n) is 4.75. The Morgan fingerprint density at radius 2 is 1.50 bits per heavy atom. The van der Waals surface area contributed by atoms with E-state index in [0.717, 1.165) is 22.0 Å². The van der Waals surface area contributed by atoms with E-state index in [4.69, 9.17) is 0 Å². The molecule has 0 N–H and O–H groups in total. The highest BCUT2D eigenvalue weighted by Crippen LogP contribution is 2.19. The highest BCUT2D eigenvalue weighted by atomic mass is 32.2. The maximum absolute atomic E-state index is 4.29. The van der Waals surface area contributed by atoms with Crippen molar-refractivity contribution in [2.45, 2.75) is 5.03 Å². The molecule has 22 heavy (non-hydrogen) atoms. The minimum absolute atomic E-state index is 0.883. The fraction of sp³-hybridized carbons (Fsp3) is 0.0526. The van der Waals surface area contributed by atoms with Gasteiger partial charge in [0.05, 0.1) is 5.69 Å². The summed E-state index contributed by atoms with van der Waals surface area (Å²) in [6.07, 6.45) is 4.27. The first kappa shape index (κ1) is 14.5. The third kappa shape index (κ3) is 4.06. The van der Waals surface area contributed by atoms with E-state index in [2.05, 4.69) is 34.5 Å². The quantitative estimate of drug-likeness (QED) is 0.624. The van der Waals surface area contributed by atoms with Crippen LogP contribution in [0.4, 0.5) is 0 Å². The Morgan fingerprint density at radius 3 is 2.18 bits per heavy atom. The molecule has 0 atom stereocenters. The molecule has 108 valence electrons. The molecule has 2 aromatic carbocycles. The number of nitrogens with zero attached hydrogens (tertiary/aromatic N) is 2. The highest BCUT2D eigenvalue weighted by molar-refractivity contribution is 7.99. The van der Waals surface area contributed by atoms with E-state index in [0.29, 0.717) is 0 Å². The molecule has 0 unspecified atom stereocenters. The van der Waals surface area contributed by atoms with Crippen molar-refractivity contribution in [1.82, 2.24) is 10.2 Å². The molecule has 0 fully saturated rings. The molecule has 0 aliphatic heterocycles. The Kier molecular flexibility index (Phi) is 5.00. The summed E-state index contributed by atoms with van der Waals surface area (Å²) in [5.41, 5.74) is 3.22. The molecule has 0 bridgehead atoms. The molecule has 1 heterocycles. The standard InChI is InChI=1S/C19H16N2S/c1-3-8-16(9-4-1)10-7-15-22-19-14-13-18(20-21-19)17-11-5-2-6-12-17/h1-14H,15H2/b10-7+. The van der Waals surface area contributed by atoms with Crippen molar-refractivity contribution < 1.29 is 0 Å². The number of aromatic nitrogens is 2. The van der Waals surface area contributed by atoms with Crippen LogP contribution in [-0.2, 0) is 0 Å². The molecule has 0 aliphatic carbocycles. The van der Waals surface area contributed by atoms with Crippen LogP contribution in [0.15, 0.2) is 83.9 Å². The first-order chi connectivity index (χ1) is 10.9. The van der Waals surface area contributed by atoms with Crippen LogP contribution in [0.1, 0.15) is 5.56 Å². The van der Waals surface area contributed by atoms with Gasteiger partial charge in [0.25, 0.3) is 0 Å².